The fourth-order valence-corrected chi connectivity index (χ4v) is 24.1. The van der Waals surface area contributed by atoms with E-state index in [1.54, 1.807) is 0 Å². The number of aryl methyl sites for hydroxylation is 3. The summed E-state index contributed by atoms with van der Waals surface area (Å²) in [7, 11) is 0. The largest absolute Gasteiger partial charge is 0.319 e. The van der Waals surface area contributed by atoms with Gasteiger partial charge in [-0.15, -0.1) is 0 Å². The topological polar surface area (TPSA) is 184 Å². The van der Waals surface area contributed by atoms with Crippen molar-refractivity contribution in [1.29, 1.82) is 0 Å². The summed E-state index contributed by atoms with van der Waals surface area (Å²) in [5, 5.41) is 14.4. The predicted octanol–water partition coefficient (Wildman–Crippen LogP) is 22.1. The van der Waals surface area contributed by atoms with Gasteiger partial charge in [0.25, 0.3) is 0 Å². The highest BCUT2D eigenvalue weighted by Crippen LogP contribution is 2.58. The minimum absolute atomic E-state index is 0.625. The second-order valence-electron chi connectivity index (χ2n) is 30.5. The smallest absolute Gasteiger partial charge is 0.125 e. The fraction of sp³-hybridized carbons (Fsp3) is 0.407. The van der Waals surface area contributed by atoms with Gasteiger partial charge in [0.15, 0.2) is 0 Å². The Morgan fingerprint density at radius 2 is 0.543 bits per heavy atom. The first-order valence-electron chi connectivity index (χ1n) is 37.5. The first kappa shape index (κ1) is 68.6. The Hall–Kier alpha value is -6.96. The van der Waals surface area contributed by atoms with Crippen LogP contribution in [0.5, 0.6) is 0 Å². The van der Waals surface area contributed by atoms with Gasteiger partial charge in [0.05, 0.1) is 82.8 Å². The van der Waals surface area contributed by atoms with Crippen molar-refractivity contribution in [2.45, 2.75) is 208 Å². The average molecular weight is 1780 g/mol. The third-order valence-corrected chi connectivity index (χ3v) is 28.9. The van der Waals surface area contributed by atoms with Crippen molar-refractivity contribution in [3.8, 4) is 68.3 Å². The lowest BCUT2D eigenvalue weighted by Gasteiger charge is -2.13. The highest BCUT2D eigenvalue weighted by atomic mass is 79.9. The Bertz CT molecular complexity index is 4790. The summed E-state index contributed by atoms with van der Waals surface area (Å²) < 4.78 is 20.6. The van der Waals surface area contributed by atoms with Crippen LogP contribution in [0.15, 0.2) is 155 Å². The van der Waals surface area contributed by atoms with Crippen molar-refractivity contribution < 1.29 is 0 Å². The van der Waals surface area contributed by atoms with Crippen LogP contribution >= 0.6 is 95.6 Å². The molecule has 6 saturated carbocycles. The first-order chi connectivity index (χ1) is 51.2. The zero-order chi connectivity index (χ0) is 71.0. The van der Waals surface area contributed by atoms with Crippen molar-refractivity contribution in [3.05, 3.63) is 207 Å². The fourth-order valence-electron chi connectivity index (χ4n) is 19.5. The van der Waals surface area contributed by atoms with E-state index in [0.29, 0.717) is 71.8 Å². The Kier molecular flexibility index (Phi) is 18.2. The van der Waals surface area contributed by atoms with Crippen LogP contribution in [0, 0.1) is 20.8 Å². The van der Waals surface area contributed by atoms with E-state index < -0.39 is 0 Å². The monoisotopic (exact) mass is 1780 g/mol. The standard InChI is InChI=1S/3C14H14BrN3.3C13H12BrN3/c3*1-8-3-2-4-11(16-8)13-12(15)14-9-5-6-10(7-9)18(14)17-13;3*14-12-11(10-3-1-2-6-15-10)16-13-8-4-5-9(7-8)17(12)13/h3*2-4,9-10H,5-7H2,1H3;3*1-3,6,8-9H,4-5,7H2/t2*9-,10+;;2*8-,9+;/m10.10./s1. The van der Waals surface area contributed by atoms with Gasteiger partial charge in [0.2, 0.25) is 0 Å². The number of hydrogen-bond donors (Lipinski definition) is 0. The van der Waals surface area contributed by atoms with Gasteiger partial charge in [-0.1, -0.05) is 36.4 Å². The number of halogens is 6. The van der Waals surface area contributed by atoms with E-state index in [1.807, 2.05) is 149 Å². The molecule has 6 fully saturated rings. The van der Waals surface area contributed by atoms with E-state index in [2.05, 4.69) is 153 Å². The average Bonchev–Trinajstić information content (AvgIpc) is 1.63. The first-order valence-corrected chi connectivity index (χ1v) is 42.2. The molecule has 4 unspecified atom stereocenters. The van der Waals surface area contributed by atoms with Gasteiger partial charge in [-0.2, -0.15) is 15.3 Å². The minimum atomic E-state index is 0.625. The van der Waals surface area contributed by atoms with Crippen LogP contribution in [0.25, 0.3) is 68.3 Å². The van der Waals surface area contributed by atoms with Crippen molar-refractivity contribution in [2.24, 2.45) is 0 Å². The van der Waals surface area contributed by atoms with Gasteiger partial charge in [-0.05, 0) is 305 Å². The quantitative estimate of drug-likeness (QED) is 0.154. The van der Waals surface area contributed by atoms with E-state index in [1.165, 1.54) is 150 Å². The molecule has 0 saturated heterocycles. The number of nitrogens with zero attached hydrogens (tertiary/aromatic N) is 18. The second kappa shape index (κ2) is 27.9. The summed E-state index contributed by atoms with van der Waals surface area (Å²) in [5.41, 5.74) is 19.1. The lowest BCUT2D eigenvalue weighted by Crippen LogP contribution is -2.07. The van der Waals surface area contributed by atoms with Crippen LogP contribution in [0.2, 0.25) is 0 Å². The SMILES string of the molecule is Brc1c(-c2ccccn2)nc2n1C1CCC2C1.Brc1c(-c2ccccn2)nc2n1[C@@H]1CC[C@H]2C1.Brc1c(-c2ccccn2)nc2n1[C@H]1CC[C@@H]2C1.Cc1cccc(-c2nn3c(c2Br)C2CCC3C2)n1.Cc1cccc(-c2nn3c(c2Br)[C@@H]2CC[C@H]3C2)n1.Cc1cccc(-c2nn3c(c2Br)[C@H]2CC[C@@H]3C2)n1. The van der Waals surface area contributed by atoms with Crippen LogP contribution in [0.4, 0.5) is 0 Å². The van der Waals surface area contributed by atoms with Crippen molar-refractivity contribution in [3.63, 3.8) is 0 Å². The van der Waals surface area contributed by atoms with Crippen molar-refractivity contribution in [2.75, 3.05) is 0 Å². The predicted molar refractivity (Wildman–Crippen MR) is 427 cm³/mol. The summed E-state index contributed by atoms with van der Waals surface area (Å²) in [6.07, 6.45) is 28.7. The maximum absolute atomic E-state index is 4.80. The molecule has 18 nitrogen and oxygen atoms in total. The van der Waals surface area contributed by atoms with Crippen LogP contribution in [0.1, 0.15) is 239 Å². The number of pyridine rings is 6. The number of hydrogen-bond acceptors (Lipinski definition) is 12. The highest BCUT2D eigenvalue weighted by molar-refractivity contribution is 9.11. The Morgan fingerprint density at radius 1 is 0.276 bits per heavy atom. The van der Waals surface area contributed by atoms with Crippen molar-refractivity contribution >= 4 is 95.6 Å². The van der Waals surface area contributed by atoms with Crippen LogP contribution in [0.3, 0.4) is 0 Å². The lowest BCUT2D eigenvalue weighted by molar-refractivity contribution is 0.477. The molecule has 24 heteroatoms. The number of aromatic nitrogens is 18. The van der Waals surface area contributed by atoms with Gasteiger partial charge in [0, 0.05) is 89.3 Å². The molecule has 0 radical (unpaired) electrons. The third kappa shape index (κ3) is 12.1. The molecular weight excluding hydrogens is 1700 g/mol. The van der Waals surface area contributed by atoms with E-state index in [-0.39, 0.29) is 0 Å². The molecule has 6 aliphatic heterocycles. The molecule has 0 spiro atoms. The molecule has 0 aromatic carbocycles. The maximum Gasteiger partial charge on any atom is 0.125 e. The molecule has 12 aromatic rings. The summed E-state index contributed by atoms with van der Waals surface area (Å²) in [6, 6.07) is 40.1. The molecule has 105 heavy (non-hydrogen) atoms. The molecule has 0 N–H and O–H groups in total. The summed E-state index contributed by atoms with van der Waals surface area (Å²) >= 11 is 22.3. The Labute approximate surface area is 660 Å². The molecule has 12 bridgehead atoms. The third-order valence-electron chi connectivity index (χ3n) is 24.2. The second-order valence-corrected chi connectivity index (χ2v) is 35.2. The molecule has 12 aromatic heterocycles. The normalized spacial score (nSPS) is 24.9. The number of rotatable bonds is 6. The molecule has 6 aliphatic carbocycles. The van der Waals surface area contributed by atoms with Gasteiger partial charge in [0.1, 0.15) is 65.4 Å². The van der Waals surface area contributed by atoms with Gasteiger partial charge in [-0.25, -0.2) is 15.0 Å². The van der Waals surface area contributed by atoms with Gasteiger partial charge in [-0.3, -0.25) is 43.9 Å². The van der Waals surface area contributed by atoms with Crippen LogP contribution < -0.4 is 0 Å². The van der Waals surface area contributed by atoms with E-state index in [0.717, 1.165) is 113 Å². The summed E-state index contributed by atoms with van der Waals surface area (Å²) in [6.45, 7) is 6.06. The minimum Gasteiger partial charge on any atom is -0.319 e. The zero-order valence-corrected chi connectivity index (χ0v) is 68.1. The molecule has 0 amide bonds. The Balaban J connectivity index is 0.0000000865. The number of imidazole rings is 3. The van der Waals surface area contributed by atoms with E-state index in [4.69, 9.17) is 30.2 Å². The zero-order valence-electron chi connectivity index (χ0n) is 58.6. The van der Waals surface area contributed by atoms with Gasteiger partial charge < -0.3 is 13.7 Å². The molecule has 18 heterocycles. The summed E-state index contributed by atoms with van der Waals surface area (Å²) in [4.78, 5) is 41.3. The highest BCUT2D eigenvalue weighted by Gasteiger charge is 2.46. The van der Waals surface area contributed by atoms with Crippen LogP contribution in [-0.2, 0) is 0 Å². The molecule has 534 valence electrons. The maximum atomic E-state index is 4.80. The van der Waals surface area contributed by atoms with E-state index >= 15 is 0 Å². The lowest BCUT2D eigenvalue weighted by atomic mass is 10.0. The Morgan fingerprint density at radius 3 is 0.800 bits per heavy atom. The molecular formula is C81H78Br6N18. The van der Waals surface area contributed by atoms with Crippen LogP contribution in [-0.4, -0.2) is 87.9 Å². The molecule has 24 rings (SSSR count). The van der Waals surface area contributed by atoms with Crippen molar-refractivity contribution in [1.82, 2.24) is 87.9 Å². The molecule has 12 aliphatic rings. The van der Waals surface area contributed by atoms with E-state index in [9.17, 15) is 0 Å². The number of fused-ring (bicyclic) bond motifs is 30. The molecule has 12 atom stereocenters. The summed E-state index contributed by atoms with van der Waals surface area (Å²) in [5.74, 6) is 7.91. The van der Waals surface area contributed by atoms with Gasteiger partial charge >= 0.3 is 0 Å².